The molecule has 1 aliphatic heterocycles. The number of amides is 1. The van der Waals surface area contributed by atoms with Crippen molar-refractivity contribution < 1.29 is 4.79 Å². The number of rotatable bonds is 4. The van der Waals surface area contributed by atoms with Gasteiger partial charge in [-0.2, -0.15) is 0 Å². The Hall–Kier alpha value is -1.89. The van der Waals surface area contributed by atoms with Crippen LogP contribution in [0.4, 0.5) is 11.6 Å². The minimum atomic E-state index is 0.193. The van der Waals surface area contributed by atoms with Gasteiger partial charge < -0.3 is 15.6 Å². The number of hydrogen-bond acceptors (Lipinski definition) is 6. The first kappa shape index (κ1) is 14.5. The first-order valence-electron chi connectivity index (χ1n) is 6.85. The lowest BCUT2D eigenvalue weighted by Crippen LogP contribution is -2.43. The number of likely N-dealkylation sites (tertiary alicyclic amines) is 1. The van der Waals surface area contributed by atoms with Gasteiger partial charge in [-0.3, -0.25) is 4.79 Å². The number of piperidine rings is 1. The van der Waals surface area contributed by atoms with E-state index < -0.39 is 0 Å². The van der Waals surface area contributed by atoms with Gasteiger partial charge in [-0.1, -0.05) is 13.8 Å². The molecular weight excluding hydrogens is 256 g/mol. The number of hydrogen-bond donors (Lipinski definition) is 3. The number of nitrogens with two attached hydrogens (primary N) is 1. The summed E-state index contributed by atoms with van der Waals surface area (Å²) >= 11 is 0. The molecule has 1 amide bonds. The summed E-state index contributed by atoms with van der Waals surface area (Å²) in [5.74, 6) is 7.92. The normalized spacial score (nSPS) is 19.4. The molecule has 20 heavy (non-hydrogen) atoms. The second-order valence-electron chi connectivity index (χ2n) is 5.45. The third-order valence-corrected chi connectivity index (χ3v) is 3.39. The predicted octanol–water partition coefficient (Wildman–Crippen LogP) is 0.918. The zero-order valence-electron chi connectivity index (χ0n) is 12.2. The molecular formula is C13H22N6O. The zero-order valence-corrected chi connectivity index (χ0v) is 12.2. The molecule has 1 saturated heterocycles. The van der Waals surface area contributed by atoms with Gasteiger partial charge in [0.1, 0.15) is 17.5 Å². The van der Waals surface area contributed by atoms with Crippen LogP contribution in [0.5, 0.6) is 0 Å². The number of nitrogen functional groups attached to an aromatic ring is 1. The Morgan fingerprint density at radius 2 is 2.10 bits per heavy atom. The molecule has 0 spiro atoms. The van der Waals surface area contributed by atoms with Crippen LogP contribution in [0.1, 0.15) is 38.4 Å². The molecule has 1 aliphatic rings. The summed E-state index contributed by atoms with van der Waals surface area (Å²) < 4.78 is 0. The summed E-state index contributed by atoms with van der Waals surface area (Å²) in [4.78, 5) is 22.0. The summed E-state index contributed by atoms with van der Waals surface area (Å²) in [5.41, 5.74) is 2.56. The number of nitrogens with zero attached hydrogens (tertiary/aromatic N) is 3. The van der Waals surface area contributed by atoms with Crippen LogP contribution in [0, 0.1) is 0 Å². The molecule has 0 aliphatic carbocycles. The molecule has 1 atom stereocenters. The minimum Gasteiger partial charge on any atom is -0.365 e. The monoisotopic (exact) mass is 278 g/mol. The van der Waals surface area contributed by atoms with Gasteiger partial charge in [0.05, 0.1) is 0 Å². The van der Waals surface area contributed by atoms with Crippen molar-refractivity contribution in [1.82, 2.24) is 14.9 Å². The quantitative estimate of drug-likeness (QED) is 0.560. The van der Waals surface area contributed by atoms with Crippen LogP contribution in [-0.4, -0.2) is 40.4 Å². The van der Waals surface area contributed by atoms with Crippen molar-refractivity contribution in [2.45, 2.75) is 38.6 Å². The Labute approximate surface area is 118 Å². The van der Waals surface area contributed by atoms with E-state index in [9.17, 15) is 4.79 Å². The number of aromatic nitrogens is 2. The van der Waals surface area contributed by atoms with Crippen LogP contribution in [0.3, 0.4) is 0 Å². The lowest BCUT2D eigenvalue weighted by atomic mass is 10.1. The van der Waals surface area contributed by atoms with Crippen LogP contribution >= 0.6 is 0 Å². The first-order valence-corrected chi connectivity index (χ1v) is 6.85. The van der Waals surface area contributed by atoms with E-state index >= 15 is 0 Å². The van der Waals surface area contributed by atoms with Gasteiger partial charge in [0.15, 0.2) is 0 Å². The van der Waals surface area contributed by atoms with Crippen molar-refractivity contribution in [3.63, 3.8) is 0 Å². The van der Waals surface area contributed by atoms with E-state index in [2.05, 4.69) is 20.7 Å². The maximum atomic E-state index is 11.5. The average Bonchev–Trinajstić information content (AvgIpc) is 2.42. The molecule has 0 bridgehead atoms. The third kappa shape index (κ3) is 3.36. The molecule has 7 nitrogen and oxygen atoms in total. The van der Waals surface area contributed by atoms with E-state index in [1.807, 2.05) is 20.9 Å². The van der Waals surface area contributed by atoms with E-state index in [0.717, 1.165) is 18.1 Å². The molecule has 0 saturated carbocycles. The molecule has 7 heteroatoms. The zero-order chi connectivity index (χ0) is 14.7. The van der Waals surface area contributed by atoms with Crippen molar-refractivity contribution in [2.75, 3.05) is 24.3 Å². The number of hydrazine groups is 1. The molecule has 4 N–H and O–H groups in total. The van der Waals surface area contributed by atoms with E-state index in [1.165, 1.54) is 0 Å². The van der Waals surface area contributed by atoms with Crippen molar-refractivity contribution in [3.8, 4) is 0 Å². The van der Waals surface area contributed by atoms with E-state index in [-0.39, 0.29) is 17.9 Å². The van der Waals surface area contributed by atoms with Gasteiger partial charge in [-0.25, -0.2) is 15.8 Å². The Morgan fingerprint density at radius 1 is 1.40 bits per heavy atom. The summed E-state index contributed by atoms with van der Waals surface area (Å²) in [6.45, 7) is 4.75. The predicted molar refractivity (Wildman–Crippen MR) is 78.2 cm³/mol. The Morgan fingerprint density at radius 3 is 2.70 bits per heavy atom. The van der Waals surface area contributed by atoms with Crippen molar-refractivity contribution in [1.29, 1.82) is 0 Å². The van der Waals surface area contributed by atoms with E-state index in [1.54, 1.807) is 11.0 Å². The molecule has 2 rings (SSSR count). The first-order chi connectivity index (χ1) is 9.49. The highest BCUT2D eigenvalue weighted by molar-refractivity contribution is 5.77. The van der Waals surface area contributed by atoms with Crippen LogP contribution < -0.4 is 16.6 Å². The van der Waals surface area contributed by atoms with Gasteiger partial charge in [0, 0.05) is 38.0 Å². The van der Waals surface area contributed by atoms with Crippen LogP contribution in [0.25, 0.3) is 0 Å². The second-order valence-corrected chi connectivity index (χ2v) is 5.45. The highest BCUT2D eigenvalue weighted by atomic mass is 16.2. The topological polar surface area (TPSA) is 96.2 Å². The van der Waals surface area contributed by atoms with Gasteiger partial charge in [-0.15, -0.1) is 0 Å². The maximum Gasteiger partial charge on any atom is 0.222 e. The van der Waals surface area contributed by atoms with Crippen molar-refractivity contribution >= 4 is 17.5 Å². The summed E-state index contributed by atoms with van der Waals surface area (Å²) in [5, 5.41) is 3.36. The van der Waals surface area contributed by atoms with Gasteiger partial charge >= 0.3 is 0 Å². The SMILES string of the molecule is CC(C)c1nc(NN)cc(NC2CCC(=O)N(C)C2)n1. The molecule has 110 valence electrons. The number of anilines is 2. The highest BCUT2D eigenvalue weighted by Crippen LogP contribution is 2.19. The molecule has 1 unspecified atom stereocenters. The lowest BCUT2D eigenvalue weighted by molar-refractivity contribution is -0.132. The molecule has 1 fully saturated rings. The van der Waals surface area contributed by atoms with Crippen LogP contribution in [0.2, 0.25) is 0 Å². The average molecular weight is 278 g/mol. The molecule has 0 radical (unpaired) electrons. The van der Waals surface area contributed by atoms with Gasteiger partial charge in [-0.05, 0) is 6.42 Å². The molecule has 2 heterocycles. The third-order valence-electron chi connectivity index (χ3n) is 3.39. The minimum absolute atomic E-state index is 0.193. The Bertz CT molecular complexity index is 490. The van der Waals surface area contributed by atoms with Crippen molar-refractivity contribution in [2.24, 2.45) is 5.84 Å². The summed E-state index contributed by atoms with van der Waals surface area (Å²) in [6, 6.07) is 1.99. The fraction of sp³-hybridized carbons (Fsp3) is 0.615. The van der Waals surface area contributed by atoms with E-state index in [4.69, 9.17) is 5.84 Å². The standard InChI is InChI=1S/C13H22N6O/c1-8(2)13-16-10(6-11(17-13)18-14)15-9-4-5-12(20)19(3)7-9/h6,8-9H,4-5,7,14H2,1-3H3,(H2,15,16,17,18). The smallest absolute Gasteiger partial charge is 0.222 e. The summed E-state index contributed by atoms with van der Waals surface area (Å²) in [7, 11) is 1.82. The number of carbonyl (C=O) groups excluding carboxylic acids is 1. The van der Waals surface area contributed by atoms with Gasteiger partial charge in [0.25, 0.3) is 0 Å². The highest BCUT2D eigenvalue weighted by Gasteiger charge is 2.23. The van der Waals surface area contributed by atoms with Crippen molar-refractivity contribution in [3.05, 3.63) is 11.9 Å². The molecule has 0 aromatic carbocycles. The van der Waals surface area contributed by atoms with Gasteiger partial charge in [0.2, 0.25) is 5.91 Å². The number of likely N-dealkylation sites (N-methyl/N-ethyl adjacent to an activating group) is 1. The molecule has 1 aromatic rings. The van der Waals surface area contributed by atoms with Crippen LogP contribution in [0.15, 0.2) is 6.07 Å². The van der Waals surface area contributed by atoms with Crippen LogP contribution in [-0.2, 0) is 4.79 Å². The molecule has 1 aromatic heterocycles. The maximum absolute atomic E-state index is 11.5. The second kappa shape index (κ2) is 6.04. The lowest BCUT2D eigenvalue weighted by Gasteiger charge is -2.30. The fourth-order valence-corrected chi connectivity index (χ4v) is 2.21. The Balaban J connectivity index is 2.12. The van der Waals surface area contributed by atoms with E-state index in [0.29, 0.717) is 18.8 Å². The Kier molecular flexibility index (Phi) is 4.39. The number of nitrogens with one attached hydrogen (secondary N) is 2. The largest absolute Gasteiger partial charge is 0.365 e. The summed E-state index contributed by atoms with van der Waals surface area (Å²) in [6.07, 6.45) is 1.38. The fourth-order valence-electron chi connectivity index (χ4n) is 2.21. The number of carbonyl (C=O) groups is 1.